The molecule has 0 radical (unpaired) electrons. The van der Waals surface area contributed by atoms with Crippen LogP contribution in [0, 0.1) is 0 Å². The van der Waals surface area contributed by atoms with Crippen LogP contribution >= 0.6 is 15.9 Å². The zero-order chi connectivity index (χ0) is 10.1. The molecule has 2 aromatic rings. The number of benzene rings is 1. The van der Waals surface area contributed by atoms with Crippen molar-refractivity contribution < 1.29 is 4.74 Å². The van der Waals surface area contributed by atoms with Crippen molar-refractivity contribution >= 4 is 32.5 Å². The van der Waals surface area contributed by atoms with Gasteiger partial charge in [-0.2, -0.15) is 0 Å². The largest absolute Gasteiger partial charge is 0.492 e. The smallest absolute Gasteiger partial charge is 0.167 e. The Bertz CT molecular complexity index is 485. The lowest BCUT2D eigenvalue weighted by Gasteiger charge is -2.08. The monoisotopic (exact) mass is 252 g/mol. The summed E-state index contributed by atoms with van der Waals surface area (Å²) in [5, 5.41) is 0.999. The fraction of sp³-hybridized carbons (Fsp3) is 0.100. The van der Waals surface area contributed by atoms with Crippen LogP contribution in [0.2, 0.25) is 0 Å². The van der Waals surface area contributed by atoms with Crippen molar-refractivity contribution in [2.45, 2.75) is 0 Å². The quantitative estimate of drug-likeness (QED) is 0.794. The third-order valence-corrected chi connectivity index (χ3v) is 2.74. The number of anilines is 1. The molecule has 0 amide bonds. The van der Waals surface area contributed by atoms with E-state index in [9.17, 15) is 0 Å². The zero-order valence-electron chi connectivity index (χ0n) is 7.62. The van der Waals surface area contributed by atoms with Crippen molar-refractivity contribution in [3.05, 3.63) is 28.9 Å². The lowest BCUT2D eigenvalue weighted by atomic mass is 10.2. The van der Waals surface area contributed by atoms with Crippen LogP contribution in [-0.2, 0) is 0 Å². The van der Waals surface area contributed by atoms with E-state index in [2.05, 4.69) is 20.9 Å². The van der Waals surface area contributed by atoms with Crippen molar-refractivity contribution in [2.24, 2.45) is 0 Å². The number of aromatic nitrogens is 1. The van der Waals surface area contributed by atoms with Gasteiger partial charge in [0.2, 0.25) is 0 Å². The third kappa shape index (κ3) is 1.32. The maximum atomic E-state index is 5.77. The van der Waals surface area contributed by atoms with E-state index in [1.165, 1.54) is 0 Å². The first-order valence-electron chi connectivity index (χ1n) is 4.10. The molecule has 0 saturated carbocycles. The van der Waals surface area contributed by atoms with Gasteiger partial charge in [-0.15, -0.1) is 0 Å². The van der Waals surface area contributed by atoms with Gasteiger partial charge in [-0.25, -0.2) is 0 Å². The summed E-state index contributed by atoms with van der Waals surface area (Å²) in [4.78, 5) is 4.24. The normalized spacial score (nSPS) is 10.4. The van der Waals surface area contributed by atoms with E-state index in [4.69, 9.17) is 10.5 Å². The lowest BCUT2D eigenvalue weighted by Crippen LogP contribution is -1.94. The Morgan fingerprint density at radius 2 is 2.14 bits per heavy atom. The average Bonchev–Trinajstić information content (AvgIpc) is 2.18. The molecule has 1 heterocycles. The number of fused-ring (bicyclic) bond motifs is 1. The van der Waals surface area contributed by atoms with Crippen LogP contribution in [0.25, 0.3) is 10.9 Å². The van der Waals surface area contributed by atoms with Crippen LogP contribution in [0.1, 0.15) is 0 Å². The number of pyridine rings is 1. The second-order valence-electron chi connectivity index (χ2n) is 2.88. The minimum atomic E-state index is 0.602. The van der Waals surface area contributed by atoms with E-state index in [0.717, 1.165) is 15.4 Å². The summed E-state index contributed by atoms with van der Waals surface area (Å²) in [5.41, 5.74) is 7.15. The van der Waals surface area contributed by atoms with Crippen LogP contribution in [0.5, 0.6) is 5.75 Å². The SMILES string of the molecule is COc1c(N)ccc2c(Br)ccnc12. The molecule has 1 aromatic heterocycles. The van der Waals surface area contributed by atoms with Crippen molar-refractivity contribution in [2.75, 3.05) is 12.8 Å². The number of ether oxygens (including phenoxy) is 1. The number of nitrogen functional groups attached to an aromatic ring is 1. The average molecular weight is 253 g/mol. The van der Waals surface area contributed by atoms with E-state index in [1.54, 1.807) is 13.3 Å². The molecule has 0 unspecified atom stereocenters. The summed E-state index contributed by atoms with van der Waals surface area (Å²) < 4.78 is 6.19. The highest BCUT2D eigenvalue weighted by Gasteiger charge is 2.08. The van der Waals surface area contributed by atoms with E-state index < -0.39 is 0 Å². The zero-order valence-corrected chi connectivity index (χ0v) is 9.21. The maximum Gasteiger partial charge on any atom is 0.167 e. The maximum absolute atomic E-state index is 5.77. The highest BCUT2D eigenvalue weighted by molar-refractivity contribution is 9.10. The summed E-state index contributed by atoms with van der Waals surface area (Å²) in [6, 6.07) is 5.62. The van der Waals surface area contributed by atoms with Gasteiger partial charge >= 0.3 is 0 Å². The Labute approximate surface area is 90.0 Å². The van der Waals surface area contributed by atoms with Gasteiger partial charge in [-0.3, -0.25) is 4.98 Å². The number of nitrogens with zero attached hydrogens (tertiary/aromatic N) is 1. The van der Waals surface area contributed by atoms with Crippen molar-refractivity contribution in [1.29, 1.82) is 0 Å². The second kappa shape index (κ2) is 3.46. The van der Waals surface area contributed by atoms with Crippen LogP contribution in [0.4, 0.5) is 5.69 Å². The predicted octanol–water partition coefficient (Wildman–Crippen LogP) is 2.59. The van der Waals surface area contributed by atoms with Gasteiger partial charge in [0.15, 0.2) is 5.75 Å². The Hall–Kier alpha value is -1.29. The van der Waals surface area contributed by atoms with E-state index >= 15 is 0 Å². The van der Waals surface area contributed by atoms with Crippen LogP contribution in [0.15, 0.2) is 28.9 Å². The predicted molar refractivity (Wildman–Crippen MR) is 60.4 cm³/mol. The molecule has 0 spiro atoms. The summed E-state index contributed by atoms with van der Waals surface area (Å²) in [6.45, 7) is 0. The van der Waals surface area contributed by atoms with Gasteiger partial charge in [0.1, 0.15) is 5.52 Å². The fourth-order valence-electron chi connectivity index (χ4n) is 1.39. The number of hydrogen-bond donors (Lipinski definition) is 1. The molecule has 0 aliphatic rings. The minimum Gasteiger partial charge on any atom is -0.492 e. The molecule has 72 valence electrons. The Kier molecular flexibility index (Phi) is 2.29. The molecule has 3 nitrogen and oxygen atoms in total. The first kappa shape index (κ1) is 9.27. The molecule has 2 N–H and O–H groups in total. The van der Waals surface area contributed by atoms with Gasteiger partial charge in [-0.1, -0.05) is 15.9 Å². The minimum absolute atomic E-state index is 0.602. The fourth-order valence-corrected chi connectivity index (χ4v) is 1.83. The van der Waals surface area contributed by atoms with Crippen molar-refractivity contribution in [1.82, 2.24) is 4.98 Å². The van der Waals surface area contributed by atoms with E-state index in [0.29, 0.717) is 11.4 Å². The summed E-state index contributed by atoms with van der Waals surface area (Å²) >= 11 is 3.45. The number of nitrogens with two attached hydrogens (primary N) is 1. The summed E-state index contributed by atoms with van der Waals surface area (Å²) in [6.07, 6.45) is 1.72. The second-order valence-corrected chi connectivity index (χ2v) is 3.73. The molecule has 2 rings (SSSR count). The molecular formula is C10H9BrN2O. The number of methoxy groups -OCH3 is 1. The van der Waals surface area contributed by atoms with Gasteiger partial charge in [-0.05, 0) is 18.2 Å². The molecule has 0 fully saturated rings. The molecule has 0 bridgehead atoms. The molecule has 1 aromatic carbocycles. The highest BCUT2D eigenvalue weighted by atomic mass is 79.9. The summed E-state index contributed by atoms with van der Waals surface area (Å²) in [5.74, 6) is 0.629. The lowest BCUT2D eigenvalue weighted by molar-refractivity contribution is 0.421. The van der Waals surface area contributed by atoms with Crippen molar-refractivity contribution in [3.63, 3.8) is 0 Å². The van der Waals surface area contributed by atoms with Crippen LogP contribution in [-0.4, -0.2) is 12.1 Å². The number of halogens is 1. The molecule has 14 heavy (non-hydrogen) atoms. The van der Waals surface area contributed by atoms with Crippen molar-refractivity contribution in [3.8, 4) is 5.75 Å². The Balaban J connectivity index is 2.88. The van der Waals surface area contributed by atoms with E-state index in [-0.39, 0.29) is 0 Å². The van der Waals surface area contributed by atoms with Crippen LogP contribution in [0.3, 0.4) is 0 Å². The molecule has 0 aliphatic carbocycles. The number of rotatable bonds is 1. The van der Waals surface area contributed by atoms with Gasteiger partial charge in [0.05, 0.1) is 12.8 Å². The Morgan fingerprint density at radius 1 is 1.36 bits per heavy atom. The standard InChI is InChI=1S/C10H9BrN2O/c1-14-10-8(12)3-2-6-7(11)4-5-13-9(6)10/h2-5H,12H2,1H3. The topological polar surface area (TPSA) is 48.1 Å². The van der Waals surface area contributed by atoms with Gasteiger partial charge < -0.3 is 10.5 Å². The molecule has 0 saturated heterocycles. The van der Waals surface area contributed by atoms with Gasteiger partial charge in [0, 0.05) is 16.1 Å². The Morgan fingerprint density at radius 3 is 2.86 bits per heavy atom. The van der Waals surface area contributed by atoms with Crippen LogP contribution < -0.4 is 10.5 Å². The molecule has 0 atom stereocenters. The van der Waals surface area contributed by atoms with Gasteiger partial charge in [0.25, 0.3) is 0 Å². The third-order valence-electron chi connectivity index (χ3n) is 2.05. The molecule has 0 aliphatic heterocycles. The van der Waals surface area contributed by atoms with E-state index in [1.807, 2.05) is 18.2 Å². The first-order valence-corrected chi connectivity index (χ1v) is 4.90. The highest BCUT2D eigenvalue weighted by Crippen LogP contribution is 2.33. The molecule has 4 heteroatoms. The summed E-state index contributed by atoms with van der Waals surface area (Å²) in [7, 11) is 1.59. The number of hydrogen-bond acceptors (Lipinski definition) is 3. The molecular weight excluding hydrogens is 244 g/mol. The first-order chi connectivity index (χ1) is 6.74.